The fourth-order valence-electron chi connectivity index (χ4n) is 2.04. The molecule has 2 amide bonds. The van der Waals surface area contributed by atoms with E-state index in [0.29, 0.717) is 0 Å². The quantitative estimate of drug-likeness (QED) is 0.303. The van der Waals surface area contributed by atoms with Crippen LogP contribution in [-0.2, 0) is 19.2 Å². The molecule has 0 unspecified atom stereocenters. The third-order valence-electron chi connectivity index (χ3n) is 3.39. The van der Waals surface area contributed by atoms with Gasteiger partial charge >= 0.3 is 23.8 Å². The Bertz CT molecular complexity index is 1130. The van der Waals surface area contributed by atoms with Gasteiger partial charge in [-0.25, -0.2) is 19.6 Å². The van der Waals surface area contributed by atoms with Crippen molar-refractivity contribution in [3.05, 3.63) is 45.8 Å². The summed E-state index contributed by atoms with van der Waals surface area (Å²) in [4.78, 5) is 52.5. The van der Waals surface area contributed by atoms with Crippen molar-refractivity contribution >= 4 is 79.4 Å². The minimum atomic E-state index is -1.52. The topological polar surface area (TPSA) is 159 Å². The molecule has 0 fully saturated rings. The summed E-state index contributed by atoms with van der Waals surface area (Å²) in [6.07, 6.45) is 0. The van der Waals surface area contributed by atoms with E-state index >= 15 is 0 Å². The largest absolute Gasteiger partial charge is 0.474 e. The normalized spacial score (nSPS) is 10.0. The SMILES string of the molecule is O=C(O)C(=O)Nc1nc(-c2cccs2)cs1.O=C(O)C(=O)Nc1nc(-c2cccs2)cs1. The minimum absolute atomic E-state index is 0.288. The van der Waals surface area contributed by atoms with Crippen molar-refractivity contribution in [2.24, 2.45) is 0 Å². The van der Waals surface area contributed by atoms with E-state index in [-0.39, 0.29) is 10.3 Å². The Morgan fingerprint density at radius 1 is 0.688 bits per heavy atom. The lowest BCUT2D eigenvalue weighted by Crippen LogP contribution is -2.21. The Balaban J connectivity index is 0.000000181. The first kappa shape index (κ1) is 23.2. The van der Waals surface area contributed by atoms with Gasteiger partial charge in [0.25, 0.3) is 0 Å². The van der Waals surface area contributed by atoms with E-state index in [1.54, 1.807) is 10.8 Å². The zero-order valence-electron chi connectivity index (χ0n) is 15.7. The molecule has 4 N–H and O–H groups in total. The number of hydrogen-bond acceptors (Lipinski definition) is 10. The molecule has 4 rings (SSSR count). The van der Waals surface area contributed by atoms with Gasteiger partial charge in [0.1, 0.15) is 0 Å². The smallest absolute Gasteiger partial charge is 0.394 e. The van der Waals surface area contributed by atoms with E-state index in [1.807, 2.05) is 35.0 Å². The predicted molar refractivity (Wildman–Crippen MR) is 123 cm³/mol. The highest BCUT2D eigenvalue weighted by Gasteiger charge is 2.15. The number of carbonyl (C=O) groups is 4. The average molecular weight is 509 g/mol. The standard InChI is InChI=1S/2C9H6N2O3S2/c2*12-7(8(13)14)11-9-10-5(4-16-9)6-2-1-3-15-6/h2*1-4H,(H,13,14)(H,10,11,12). The summed E-state index contributed by atoms with van der Waals surface area (Å²) in [5.41, 5.74) is 1.47. The van der Waals surface area contributed by atoms with Crippen LogP contribution < -0.4 is 10.6 Å². The second-order valence-corrected chi connectivity index (χ2v) is 9.16. The zero-order valence-corrected chi connectivity index (χ0v) is 18.9. The first-order valence-electron chi connectivity index (χ1n) is 8.41. The number of hydrogen-bond donors (Lipinski definition) is 4. The molecule has 0 aromatic carbocycles. The summed E-state index contributed by atoms with van der Waals surface area (Å²) in [5.74, 6) is -5.19. The average Bonchev–Trinajstić information content (AvgIpc) is 3.55. The van der Waals surface area contributed by atoms with Crippen molar-refractivity contribution in [1.82, 2.24) is 9.97 Å². The van der Waals surface area contributed by atoms with Crippen LogP contribution in [0.1, 0.15) is 0 Å². The zero-order chi connectivity index (χ0) is 23.1. The molecule has 164 valence electrons. The molecule has 0 aliphatic heterocycles. The highest BCUT2D eigenvalue weighted by Crippen LogP contribution is 2.29. The van der Waals surface area contributed by atoms with Gasteiger partial charge in [0.15, 0.2) is 10.3 Å². The molecule has 0 aliphatic carbocycles. The number of carbonyl (C=O) groups excluding carboxylic acids is 2. The molecule has 4 heterocycles. The third kappa shape index (κ3) is 6.27. The number of aliphatic carboxylic acids is 2. The Kier molecular flexibility index (Phi) is 7.77. The number of rotatable bonds is 4. The van der Waals surface area contributed by atoms with Gasteiger partial charge in [-0.15, -0.1) is 45.3 Å². The lowest BCUT2D eigenvalue weighted by molar-refractivity contribution is -0.147. The molecule has 0 aliphatic rings. The van der Waals surface area contributed by atoms with Gasteiger partial charge in [-0.2, -0.15) is 0 Å². The van der Waals surface area contributed by atoms with E-state index in [9.17, 15) is 19.2 Å². The molecule has 0 bridgehead atoms. The summed E-state index contributed by atoms with van der Waals surface area (Å²) in [7, 11) is 0. The maximum atomic E-state index is 10.9. The Morgan fingerprint density at radius 2 is 1.09 bits per heavy atom. The summed E-state index contributed by atoms with van der Waals surface area (Å²) < 4.78 is 0. The van der Waals surface area contributed by atoms with Crippen molar-refractivity contribution < 1.29 is 29.4 Å². The van der Waals surface area contributed by atoms with Crippen LogP contribution in [0.5, 0.6) is 0 Å². The highest BCUT2D eigenvalue weighted by molar-refractivity contribution is 7.16. The van der Waals surface area contributed by atoms with Gasteiger partial charge in [0.2, 0.25) is 0 Å². The monoisotopic (exact) mass is 508 g/mol. The molecule has 0 radical (unpaired) electrons. The first-order valence-corrected chi connectivity index (χ1v) is 11.9. The molecule has 32 heavy (non-hydrogen) atoms. The maximum Gasteiger partial charge on any atom is 0.394 e. The van der Waals surface area contributed by atoms with Crippen LogP contribution in [0.15, 0.2) is 45.8 Å². The Hall–Kier alpha value is -3.46. The summed E-state index contributed by atoms with van der Waals surface area (Å²) in [6.45, 7) is 0. The number of aromatic nitrogens is 2. The van der Waals surface area contributed by atoms with E-state index in [0.717, 1.165) is 21.1 Å². The van der Waals surface area contributed by atoms with Gasteiger partial charge in [-0.1, -0.05) is 12.1 Å². The van der Waals surface area contributed by atoms with Crippen molar-refractivity contribution in [2.45, 2.75) is 0 Å². The Morgan fingerprint density at radius 3 is 1.41 bits per heavy atom. The lowest BCUT2D eigenvalue weighted by atomic mass is 10.4. The van der Waals surface area contributed by atoms with Crippen LogP contribution in [0.4, 0.5) is 10.3 Å². The number of carboxylic acid groups (broad SMARTS) is 2. The molecule has 0 saturated heterocycles. The fraction of sp³-hybridized carbons (Fsp3) is 0. The van der Waals surface area contributed by atoms with Gasteiger partial charge in [0, 0.05) is 10.8 Å². The number of nitrogens with zero attached hydrogens (tertiary/aromatic N) is 2. The second-order valence-electron chi connectivity index (χ2n) is 5.55. The predicted octanol–water partition coefficient (Wildman–Crippen LogP) is 3.79. The van der Waals surface area contributed by atoms with Crippen molar-refractivity contribution in [2.75, 3.05) is 10.6 Å². The number of thiophene rings is 2. The number of nitrogens with one attached hydrogen (secondary N) is 2. The van der Waals surface area contributed by atoms with Crippen LogP contribution in [0.3, 0.4) is 0 Å². The molecule has 0 atom stereocenters. The van der Waals surface area contributed by atoms with Gasteiger partial charge < -0.3 is 10.2 Å². The molecule has 14 heteroatoms. The van der Waals surface area contributed by atoms with E-state index < -0.39 is 23.8 Å². The van der Waals surface area contributed by atoms with Crippen molar-refractivity contribution in [1.29, 1.82) is 0 Å². The summed E-state index contributed by atoms with van der Waals surface area (Å²) in [5, 5.41) is 29.1. The van der Waals surface area contributed by atoms with Gasteiger partial charge in [0.05, 0.1) is 21.1 Å². The lowest BCUT2D eigenvalue weighted by Gasteiger charge is -1.94. The first-order chi connectivity index (χ1) is 15.3. The number of thiazole rings is 2. The fourth-order valence-corrected chi connectivity index (χ4v) is 4.97. The molecule has 0 saturated carbocycles. The van der Waals surface area contributed by atoms with Crippen LogP contribution in [0.25, 0.3) is 21.1 Å². The van der Waals surface area contributed by atoms with E-state index in [2.05, 4.69) is 20.6 Å². The van der Waals surface area contributed by atoms with Crippen LogP contribution in [0.2, 0.25) is 0 Å². The van der Waals surface area contributed by atoms with Crippen molar-refractivity contribution in [3.8, 4) is 21.1 Å². The van der Waals surface area contributed by atoms with Gasteiger partial charge in [-0.05, 0) is 22.9 Å². The van der Waals surface area contributed by atoms with E-state index in [1.165, 1.54) is 45.3 Å². The molecule has 0 spiro atoms. The number of carboxylic acids is 2. The van der Waals surface area contributed by atoms with Crippen LogP contribution in [0, 0.1) is 0 Å². The molecule has 10 nitrogen and oxygen atoms in total. The summed E-state index contributed by atoms with van der Waals surface area (Å²) >= 11 is 5.45. The van der Waals surface area contributed by atoms with Crippen molar-refractivity contribution in [3.63, 3.8) is 0 Å². The highest BCUT2D eigenvalue weighted by atomic mass is 32.1. The molecular formula is C18H12N4O6S4. The molecule has 4 aromatic rings. The van der Waals surface area contributed by atoms with Gasteiger partial charge in [-0.3, -0.25) is 20.2 Å². The summed E-state index contributed by atoms with van der Waals surface area (Å²) in [6, 6.07) is 7.61. The second kappa shape index (κ2) is 10.7. The van der Waals surface area contributed by atoms with E-state index in [4.69, 9.17) is 10.2 Å². The number of anilines is 2. The third-order valence-corrected chi connectivity index (χ3v) is 6.69. The van der Waals surface area contributed by atoms with Crippen LogP contribution >= 0.6 is 45.3 Å². The van der Waals surface area contributed by atoms with Crippen LogP contribution in [-0.4, -0.2) is 43.9 Å². The Labute approximate surface area is 195 Å². The number of amides is 2. The molecular weight excluding hydrogens is 496 g/mol. The molecule has 4 aromatic heterocycles. The maximum absolute atomic E-state index is 10.9. The minimum Gasteiger partial charge on any atom is -0.474 e.